The molecule has 0 heterocycles. The van der Waals surface area contributed by atoms with E-state index < -0.39 is 11.6 Å². The summed E-state index contributed by atoms with van der Waals surface area (Å²) in [4.78, 5) is 0.123. The van der Waals surface area contributed by atoms with E-state index in [2.05, 4.69) is 34.1 Å². The Morgan fingerprint density at radius 2 is 1.75 bits per heavy atom. The van der Waals surface area contributed by atoms with Crippen LogP contribution in [0.25, 0.3) is 0 Å². The van der Waals surface area contributed by atoms with Gasteiger partial charge < -0.3 is 0 Å². The van der Waals surface area contributed by atoms with E-state index in [0.717, 1.165) is 12.0 Å². The monoisotopic (exact) mass is 336 g/mol. The first-order valence-electron chi connectivity index (χ1n) is 6.83. The molecule has 104 valence electrons. The van der Waals surface area contributed by atoms with Crippen LogP contribution in [0.15, 0.2) is 36.4 Å². The highest BCUT2D eigenvalue weighted by molar-refractivity contribution is 9.09. The van der Waals surface area contributed by atoms with E-state index >= 15 is 0 Å². The van der Waals surface area contributed by atoms with Crippen LogP contribution in [0.3, 0.4) is 0 Å². The summed E-state index contributed by atoms with van der Waals surface area (Å²) < 4.78 is 26.1. The molecule has 1 aliphatic carbocycles. The number of alkyl halides is 1. The van der Waals surface area contributed by atoms with Crippen LogP contribution >= 0.6 is 15.9 Å². The van der Waals surface area contributed by atoms with Crippen LogP contribution in [0.5, 0.6) is 0 Å². The zero-order chi connectivity index (χ0) is 14.1. The van der Waals surface area contributed by atoms with Gasteiger partial charge in [0.2, 0.25) is 0 Å². The molecule has 0 nitrogen and oxygen atoms in total. The van der Waals surface area contributed by atoms with Gasteiger partial charge in [-0.25, -0.2) is 8.78 Å². The van der Waals surface area contributed by atoms with Gasteiger partial charge in [0.25, 0.3) is 0 Å². The number of benzene rings is 2. The minimum atomic E-state index is -0.794. The standard InChI is InChI=1S/C17H15BrF2/c18-15(8-11-4-7-16(19)17(20)9-11)14-6-5-12-2-1-3-13(12)10-14/h4-7,9-10,15H,1-3,8H2. The SMILES string of the molecule is Fc1ccc(CC(Br)c2ccc3c(c2)CCC3)cc1F. The van der Waals surface area contributed by atoms with Gasteiger partial charge in [0.15, 0.2) is 11.6 Å². The molecule has 0 spiro atoms. The summed E-state index contributed by atoms with van der Waals surface area (Å²) in [6, 6.07) is 10.7. The maximum Gasteiger partial charge on any atom is 0.159 e. The second-order valence-corrected chi connectivity index (χ2v) is 6.41. The van der Waals surface area contributed by atoms with Gasteiger partial charge in [0.05, 0.1) is 0 Å². The van der Waals surface area contributed by atoms with Crippen molar-refractivity contribution in [3.8, 4) is 0 Å². The predicted molar refractivity (Wildman–Crippen MR) is 80.2 cm³/mol. The Morgan fingerprint density at radius 1 is 0.950 bits per heavy atom. The van der Waals surface area contributed by atoms with Crippen molar-refractivity contribution < 1.29 is 8.78 Å². The molecule has 1 unspecified atom stereocenters. The fourth-order valence-electron chi connectivity index (χ4n) is 2.78. The molecule has 0 saturated carbocycles. The van der Waals surface area contributed by atoms with Gasteiger partial charge in [0, 0.05) is 4.83 Å². The number of aryl methyl sites for hydroxylation is 2. The Bertz CT molecular complexity index is 637. The minimum Gasteiger partial charge on any atom is -0.204 e. The van der Waals surface area contributed by atoms with Crippen LogP contribution < -0.4 is 0 Å². The number of rotatable bonds is 3. The first kappa shape index (κ1) is 13.7. The number of hydrogen-bond acceptors (Lipinski definition) is 0. The molecule has 0 radical (unpaired) electrons. The molecular formula is C17H15BrF2. The molecule has 3 heteroatoms. The van der Waals surface area contributed by atoms with E-state index in [9.17, 15) is 8.78 Å². The van der Waals surface area contributed by atoms with E-state index in [-0.39, 0.29) is 4.83 Å². The highest BCUT2D eigenvalue weighted by Crippen LogP contribution is 2.31. The normalized spacial score (nSPS) is 15.2. The smallest absolute Gasteiger partial charge is 0.159 e. The largest absolute Gasteiger partial charge is 0.204 e. The van der Waals surface area contributed by atoms with E-state index in [0.29, 0.717) is 6.42 Å². The van der Waals surface area contributed by atoms with Crippen molar-refractivity contribution in [1.29, 1.82) is 0 Å². The molecule has 1 aliphatic rings. The van der Waals surface area contributed by atoms with Crippen molar-refractivity contribution in [3.63, 3.8) is 0 Å². The molecule has 0 saturated heterocycles. The second-order valence-electron chi connectivity index (χ2n) is 5.30. The first-order valence-corrected chi connectivity index (χ1v) is 7.75. The van der Waals surface area contributed by atoms with Crippen LogP contribution in [0, 0.1) is 11.6 Å². The molecular weight excluding hydrogens is 322 g/mol. The minimum absolute atomic E-state index is 0.123. The number of hydrogen-bond donors (Lipinski definition) is 0. The average molecular weight is 337 g/mol. The zero-order valence-corrected chi connectivity index (χ0v) is 12.6. The number of halogens is 3. The van der Waals surface area contributed by atoms with Gasteiger partial charge in [-0.3, -0.25) is 0 Å². The Hall–Kier alpha value is -1.22. The zero-order valence-electron chi connectivity index (χ0n) is 11.0. The highest BCUT2D eigenvalue weighted by Gasteiger charge is 2.15. The van der Waals surface area contributed by atoms with Crippen molar-refractivity contribution >= 4 is 15.9 Å². The third-order valence-electron chi connectivity index (χ3n) is 3.88. The molecule has 0 bridgehead atoms. The topological polar surface area (TPSA) is 0 Å². The van der Waals surface area contributed by atoms with Crippen molar-refractivity contribution in [2.75, 3.05) is 0 Å². The Labute approximate surface area is 126 Å². The summed E-state index contributed by atoms with van der Waals surface area (Å²) in [6.45, 7) is 0. The Morgan fingerprint density at radius 3 is 2.55 bits per heavy atom. The molecule has 3 rings (SSSR count). The van der Waals surface area contributed by atoms with Crippen LogP contribution in [-0.4, -0.2) is 0 Å². The molecule has 20 heavy (non-hydrogen) atoms. The Kier molecular flexibility index (Phi) is 3.88. The van der Waals surface area contributed by atoms with Gasteiger partial charge in [-0.2, -0.15) is 0 Å². The van der Waals surface area contributed by atoms with Gasteiger partial charge >= 0.3 is 0 Å². The van der Waals surface area contributed by atoms with Gasteiger partial charge in [-0.1, -0.05) is 40.2 Å². The maximum atomic E-state index is 13.2. The quantitative estimate of drug-likeness (QED) is 0.681. The van der Waals surface area contributed by atoms with Crippen LogP contribution in [0.1, 0.15) is 33.5 Å². The fourth-order valence-corrected chi connectivity index (χ4v) is 3.44. The van der Waals surface area contributed by atoms with E-state index in [1.165, 1.54) is 41.7 Å². The van der Waals surface area contributed by atoms with Crippen LogP contribution in [0.2, 0.25) is 0 Å². The average Bonchev–Trinajstić information content (AvgIpc) is 2.90. The first-order chi connectivity index (χ1) is 9.63. The molecule has 1 atom stereocenters. The summed E-state index contributed by atoms with van der Waals surface area (Å²) in [5.41, 5.74) is 4.88. The van der Waals surface area contributed by atoms with Crippen molar-refractivity contribution in [3.05, 3.63) is 70.3 Å². The lowest BCUT2D eigenvalue weighted by Gasteiger charge is -2.12. The van der Waals surface area contributed by atoms with Crippen molar-refractivity contribution in [2.24, 2.45) is 0 Å². The van der Waals surface area contributed by atoms with E-state index in [4.69, 9.17) is 0 Å². The summed E-state index contributed by atoms with van der Waals surface area (Å²) >= 11 is 3.66. The lowest BCUT2D eigenvalue weighted by Crippen LogP contribution is -1.98. The van der Waals surface area contributed by atoms with Gasteiger partial charge in [-0.05, 0) is 60.1 Å². The predicted octanol–water partition coefficient (Wildman–Crippen LogP) is 5.13. The maximum absolute atomic E-state index is 13.2. The van der Waals surface area contributed by atoms with Gasteiger partial charge in [0.1, 0.15) is 0 Å². The molecule has 0 aliphatic heterocycles. The van der Waals surface area contributed by atoms with E-state index in [1.807, 2.05) is 0 Å². The van der Waals surface area contributed by atoms with Gasteiger partial charge in [-0.15, -0.1) is 0 Å². The van der Waals surface area contributed by atoms with Crippen LogP contribution in [0.4, 0.5) is 8.78 Å². The third kappa shape index (κ3) is 2.78. The summed E-state index contributed by atoms with van der Waals surface area (Å²) in [6.07, 6.45) is 4.20. The van der Waals surface area contributed by atoms with E-state index in [1.54, 1.807) is 6.07 Å². The third-order valence-corrected chi connectivity index (χ3v) is 4.74. The highest BCUT2D eigenvalue weighted by atomic mass is 79.9. The molecule has 2 aromatic rings. The fraction of sp³-hybridized carbons (Fsp3) is 0.294. The summed E-state index contributed by atoms with van der Waals surface area (Å²) in [5, 5.41) is 0. The lowest BCUT2D eigenvalue weighted by atomic mass is 10.0. The molecule has 0 N–H and O–H groups in total. The van der Waals surface area contributed by atoms with Crippen molar-refractivity contribution in [1.82, 2.24) is 0 Å². The Balaban J connectivity index is 1.78. The van der Waals surface area contributed by atoms with Crippen molar-refractivity contribution in [2.45, 2.75) is 30.5 Å². The summed E-state index contributed by atoms with van der Waals surface area (Å²) in [5.74, 6) is -1.58. The lowest BCUT2D eigenvalue weighted by molar-refractivity contribution is 0.507. The number of fused-ring (bicyclic) bond motifs is 1. The molecule has 2 aromatic carbocycles. The summed E-state index contributed by atoms with van der Waals surface area (Å²) in [7, 11) is 0. The second kappa shape index (κ2) is 5.65. The molecule has 0 aromatic heterocycles. The molecule has 0 fully saturated rings. The van der Waals surface area contributed by atoms with Crippen LogP contribution in [-0.2, 0) is 19.3 Å². The molecule has 0 amide bonds.